The van der Waals surface area contributed by atoms with Crippen molar-refractivity contribution in [3.8, 4) is 0 Å². The van der Waals surface area contributed by atoms with Crippen LogP contribution in [0.5, 0.6) is 0 Å². The lowest BCUT2D eigenvalue weighted by Gasteiger charge is -2.31. The van der Waals surface area contributed by atoms with Crippen LogP contribution in [0.2, 0.25) is 0 Å². The van der Waals surface area contributed by atoms with Crippen molar-refractivity contribution in [2.45, 2.75) is 23.9 Å². The highest BCUT2D eigenvalue weighted by molar-refractivity contribution is 7.89. The average Bonchev–Trinajstić information content (AvgIpc) is 2.85. The lowest BCUT2D eigenvalue weighted by atomic mass is 10.1. The van der Waals surface area contributed by atoms with Gasteiger partial charge >= 0.3 is 0 Å². The molecule has 1 saturated heterocycles. The van der Waals surface area contributed by atoms with Crippen LogP contribution in [0, 0.1) is 5.41 Å². The van der Waals surface area contributed by atoms with E-state index in [-0.39, 0.29) is 16.9 Å². The van der Waals surface area contributed by atoms with Gasteiger partial charge in [-0.3, -0.25) is 15.4 Å². The van der Waals surface area contributed by atoms with Gasteiger partial charge in [-0.25, -0.2) is 13.1 Å². The van der Waals surface area contributed by atoms with Crippen LogP contribution >= 0.6 is 0 Å². The molecule has 0 aliphatic carbocycles. The molecule has 0 unspecified atom stereocenters. The van der Waals surface area contributed by atoms with Crippen LogP contribution < -0.4 is 10.5 Å². The zero-order valence-corrected chi connectivity index (χ0v) is 11.3. The summed E-state index contributed by atoms with van der Waals surface area (Å²) in [5.74, 6) is 0.136. The standard InChI is InChI=1S/C10H18N6O2S/c11-9(12)7-16-5-2-8(3-6-16)15-19(17,18)10-1-4-13-14-10/h1,4,8,15H,2-3,5-7H2,(H3,11,12)(H,13,14). The number of hydrogen-bond donors (Lipinski definition) is 4. The van der Waals surface area contributed by atoms with Crippen LogP contribution in [-0.2, 0) is 10.0 Å². The Bertz CT molecular complexity index is 518. The van der Waals surface area contributed by atoms with Crippen molar-refractivity contribution in [2.75, 3.05) is 19.6 Å². The molecule has 2 rings (SSSR count). The summed E-state index contributed by atoms with van der Waals surface area (Å²) in [5, 5.41) is 13.4. The fourth-order valence-corrected chi connectivity index (χ4v) is 3.34. The molecule has 5 N–H and O–H groups in total. The minimum atomic E-state index is -3.51. The molecule has 2 heterocycles. The van der Waals surface area contributed by atoms with E-state index in [1.54, 1.807) is 0 Å². The summed E-state index contributed by atoms with van der Waals surface area (Å²) in [7, 11) is -3.51. The molecule has 1 aliphatic rings. The first-order chi connectivity index (χ1) is 8.97. The van der Waals surface area contributed by atoms with Crippen LogP contribution in [0.4, 0.5) is 0 Å². The number of aromatic nitrogens is 2. The van der Waals surface area contributed by atoms with E-state index < -0.39 is 10.0 Å². The predicted octanol–water partition coefficient (Wildman–Crippen LogP) is -0.912. The molecule has 1 aromatic rings. The minimum Gasteiger partial charge on any atom is -0.387 e. The van der Waals surface area contributed by atoms with Gasteiger partial charge in [0.2, 0.25) is 0 Å². The fraction of sp³-hybridized carbons (Fsp3) is 0.600. The number of H-pyrrole nitrogens is 1. The summed E-state index contributed by atoms with van der Waals surface area (Å²) in [5.41, 5.74) is 5.34. The molecular weight excluding hydrogens is 268 g/mol. The van der Waals surface area contributed by atoms with Gasteiger partial charge in [0.15, 0.2) is 5.03 Å². The summed E-state index contributed by atoms with van der Waals surface area (Å²) in [4.78, 5) is 2.04. The first-order valence-electron chi connectivity index (χ1n) is 6.04. The van der Waals surface area contributed by atoms with Crippen LogP contribution in [-0.4, -0.2) is 55.0 Å². The third-order valence-corrected chi connectivity index (χ3v) is 4.52. The molecule has 0 spiro atoms. The summed E-state index contributed by atoms with van der Waals surface area (Å²) < 4.78 is 26.6. The maximum Gasteiger partial charge on any atom is 0.257 e. The van der Waals surface area contributed by atoms with E-state index in [9.17, 15) is 8.42 Å². The summed E-state index contributed by atoms with van der Waals surface area (Å²) in [6.07, 6.45) is 2.82. The van der Waals surface area contributed by atoms with Crippen molar-refractivity contribution in [3.05, 3.63) is 12.3 Å². The molecule has 9 heteroatoms. The van der Waals surface area contributed by atoms with Crippen LogP contribution in [0.15, 0.2) is 17.3 Å². The van der Waals surface area contributed by atoms with Gasteiger partial charge in [-0.15, -0.1) is 0 Å². The maximum atomic E-state index is 12.0. The molecule has 106 valence electrons. The molecule has 0 saturated carbocycles. The van der Waals surface area contributed by atoms with Gasteiger partial charge < -0.3 is 5.73 Å². The zero-order chi connectivity index (χ0) is 13.9. The molecule has 0 aromatic carbocycles. The largest absolute Gasteiger partial charge is 0.387 e. The summed E-state index contributed by atoms with van der Waals surface area (Å²) in [6.45, 7) is 1.91. The van der Waals surface area contributed by atoms with Crippen molar-refractivity contribution in [2.24, 2.45) is 5.73 Å². The molecule has 0 radical (unpaired) electrons. The third-order valence-electron chi connectivity index (χ3n) is 3.07. The van der Waals surface area contributed by atoms with Crippen LogP contribution in [0.1, 0.15) is 12.8 Å². The van der Waals surface area contributed by atoms with Crippen LogP contribution in [0.3, 0.4) is 0 Å². The zero-order valence-electron chi connectivity index (χ0n) is 10.5. The van der Waals surface area contributed by atoms with Gasteiger partial charge in [0.05, 0.1) is 12.7 Å². The van der Waals surface area contributed by atoms with Gasteiger partial charge in [0.25, 0.3) is 10.0 Å². The van der Waals surface area contributed by atoms with Crippen molar-refractivity contribution >= 4 is 15.9 Å². The molecule has 0 bridgehead atoms. The summed E-state index contributed by atoms with van der Waals surface area (Å²) in [6, 6.07) is 1.34. The number of aromatic amines is 1. The lowest BCUT2D eigenvalue weighted by Crippen LogP contribution is -2.46. The van der Waals surface area contributed by atoms with Gasteiger partial charge in [-0.2, -0.15) is 5.10 Å². The number of nitrogens with one attached hydrogen (secondary N) is 3. The molecule has 0 amide bonds. The highest BCUT2D eigenvalue weighted by Gasteiger charge is 2.25. The van der Waals surface area contributed by atoms with Crippen LogP contribution in [0.25, 0.3) is 0 Å². The topological polar surface area (TPSA) is 128 Å². The Hall–Kier alpha value is -1.45. The highest BCUT2D eigenvalue weighted by atomic mass is 32.2. The SMILES string of the molecule is N=C(N)CN1CCC(NS(=O)(=O)c2ccn[nH]2)CC1. The predicted molar refractivity (Wildman–Crippen MR) is 70.3 cm³/mol. The number of nitrogens with two attached hydrogens (primary N) is 1. The molecular formula is C10H18N6O2S. The second-order valence-electron chi connectivity index (χ2n) is 4.62. The Morgan fingerprint density at radius 1 is 1.58 bits per heavy atom. The van der Waals surface area contributed by atoms with Crippen molar-refractivity contribution in [1.82, 2.24) is 19.8 Å². The third kappa shape index (κ3) is 3.75. The molecule has 8 nitrogen and oxygen atoms in total. The first-order valence-corrected chi connectivity index (χ1v) is 7.52. The van der Waals surface area contributed by atoms with E-state index in [1.165, 1.54) is 12.3 Å². The van der Waals surface area contributed by atoms with Crippen molar-refractivity contribution < 1.29 is 8.42 Å². The molecule has 1 aliphatic heterocycles. The van der Waals surface area contributed by atoms with E-state index in [0.717, 1.165) is 13.1 Å². The van der Waals surface area contributed by atoms with Gasteiger partial charge in [-0.05, 0) is 18.9 Å². The minimum absolute atomic E-state index is 0.0821. The molecule has 0 atom stereocenters. The quantitative estimate of drug-likeness (QED) is 0.411. The highest BCUT2D eigenvalue weighted by Crippen LogP contribution is 2.13. The molecule has 1 fully saturated rings. The van der Waals surface area contributed by atoms with E-state index in [4.69, 9.17) is 11.1 Å². The number of likely N-dealkylation sites (tertiary alicyclic amines) is 1. The Labute approximate surface area is 111 Å². The van der Waals surface area contributed by atoms with Gasteiger partial charge in [0, 0.05) is 19.1 Å². The number of nitrogens with zero attached hydrogens (tertiary/aromatic N) is 2. The first kappa shape index (κ1) is 14.0. The normalized spacial score (nSPS) is 18.5. The van der Waals surface area contributed by atoms with Gasteiger partial charge in [0.1, 0.15) is 5.84 Å². The number of piperidine rings is 1. The Morgan fingerprint density at radius 3 is 2.79 bits per heavy atom. The average molecular weight is 286 g/mol. The Morgan fingerprint density at radius 2 is 2.26 bits per heavy atom. The van der Waals surface area contributed by atoms with E-state index >= 15 is 0 Å². The van der Waals surface area contributed by atoms with E-state index in [2.05, 4.69) is 14.9 Å². The maximum absolute atomic E-state index is 12.0. The molecule has 1 aromatic heterocycles. The smallest absolute Gasteiger partial charge is 0.257 e. The number of amidine groups is 1. The second kappa shape index (κ2) is 5.68. The monoisotopic (exact) mass is 286 g/mol. The van der Waals surface area contributed by atoms with E-state index in [0.29, 0.717) is 19.4 Å². The van der Waals surface area contributed by atoms with Gasteiger partial charge in [-0.1, -0.05) is 0 Å². The Kier molecular flexibility index (Phi) is 4.17. The van der Waals surface area contributed by atoms with Crippen molar-refractivity contribution in [3.63, 3.8) is 0 Å². The number of hydrogen-bond acceptors (Lipinski definition) is 5. The Balaban J connectivity index is 1.88. The molecule has 19 heavy (non-hydrogen) atoms. The fourth-order valence-electron chi connectivity index (χ4n) is 2.13. The second-order valence-corrected chi connectivity index (χ2v) is 6.30. The van der Waals surface area contributed by atoms with Crippen molar-refractivity contribution in [1.29, 1.82) is 5.41 Å². The van der Waals surface area contributed by atoms with E-state index in [1.807, 2.05) is 4.90 Å². The number of sulfonamides is 1. The summed E-state index contributed by atoms with van der Waals surface area (Å²) >= 11 is 0. The lowest BCUT2D eigenvalue weighted by molar-refractivity contribution is 0.231. The number of rotatable bonds is 5.